The Morgan fingerprint density at radius 2 is 1.78 bits per heavy atom. The Hall–Kier alpha value is -0.120. The van der Waals surface area contributed by atoms with E-state index in [0.717, 1.165) is 24.4 Å². The highest BCUT2D eigenvalue weighted by Gasteiger charge is 2.31. The van der Waals surface area contributed by atoms with E-state index in [0.29, 0.717) is 0 Å². The average molecular weight is 253 g/mol. The summed E-state index contributed by atoms with van der Waals surface area (Å²) in [5.74, 6) is 1.66. The van der Waals surface area contributed by atoms with Gasteiger partial charge in [-0.05, 0) is 64.7 Å². The molecular weight excluding hydrogens is 222 g/mol. The van der Waals surface area contributed by atoms with Gasteiger partial charge >= 0.3 is 0 Å². The molecule has 2 rings (SSSR count). The number of nitrogens with zero attached hydrogens (tertiary/aromatic N) is 2. The molecule has 106 valence electrons. The van der Waals surface area contributed by atoms with E-state index in [1.807, 2.05) is 0 Å². The van der Waals surface area contributed by atoms with Gasteiger partial charge in [0.15, 0.2) is 0 Å². The van der Waals surface area contributed by atoms with Crippen LogP contribution in [0.15, 0.2) is 0 Å². The van der Waals surface area contributed by atoms with Crippen molar-refractivity contribution in [1.82, 2.24) is 9.80 Å². The van der Waals surface area contributed by atoms with Gasteiger partial charge in [-0.1, -0.05) is 12.8 Å². The second kappa shape index (κ2) is 6.88. The Kier molecular flexibility index (Phi) is 5.46. The summed E-state index contributed by atoms with van der Waals surface area (Å²) in [6, 6.07) is 0.792. The van der Waals surface area contributed by atoms with Crippen LogP contribution in [-0.4, -0.2) is 56.1 Å². The van der Waals surface area contributed by atoms with Crippen LogP contribution in [0.5, 0.6) is 0 Å². The molecule has 0 aromatic rings. The minimum atomic E-state index is 0.791. The zero-order chi connectivity index (χ0) is 13.0. The summed E-state index contributed by atoms with van der Waals surface area (Å²) >= 11 is 0. The van der Waals surface area contributed by atoms with E-state index in [4.69, 9.17) is 5.73 Å². The molecule has 0 bridgehead atoms. The minimum Gasteiger partial charge on any atom is -0.330 e. The smallest absolute Gasteiger partial charge is 0.0223 e. The van der Waals surface area contributed by atoms with Crippen molar-refractivity contribution in [2.24, 2.45) is 17.6 Å². The van der Waals surface area contributed by atoms with Crippen molar-refractivity contribution in [3.63, 3.8) is 0 Å². The topological polar surface area (TPSA) is 32.5 Å². The summed E-state index contributed by atoms with van der Waals surface area (Å²) in [6.07, 6.45) is 8.38. The average Bonchev–Trinajstić information content (AvgIpc) is 2.76. The third-order valence-electron chi connectivity index (χ3n) is 4.91. The van der Waals surface area contributed by atoms with Gasteiger partial charge in [0.2, 0.25) is 0 Å². The van der Waals surface area contributed by atoms with E-state index in [9.17, 15) is 0 Å². The molecule has 3 nitrogen and oxygen atoms in total. The van der Waals surface area contributed by atoms with Crippen LogP contribution in [0.2, 0.25) is 0 Å². The second-order valence-electron chi connectivity index (χ2n) is 6.59. The zero-order valence-corrected chi connectivity index (χ0v) is 12.3. The highest BCUT2D eigenvalue weighted by molar-refractivity contribution is 4.85. The van der Waals surface area contributed by atoms with Crippen molar-refractivity contribution in [3.8, 4) is 0 Å². The van der Waals surface area contributed by atoms with E-state index in [1.54, 1.807) is 0 Å². The number of hydrogen-bond acceptors (Lipinski definition) is 3. The van der Waals surface area contributed by atoms with Gasteiger partial charge in [-0.2, -0.15) is 0 Å². The first-order chi connectivity index (χ1) is 8.70. The summed E-state index contributed by atoms with van der Waals surface area (Å²) in [6.45, 7) is 4.74. The van der Waals surface area contributed by atoms with Crippen molar-refractivity contribution in [1.29, 1.82) is 0 Å². The number of hydrogen-bond donors (Lipinski definition) is 1. The molecule has 0 aromatic heterocycles. The van der Waals surface area contributed by atoms with Crippen LogP contribution in [0, 0.1) is 11.8 Å². The van der Waals surface area contributed by atoms with E-state index >= 15 is 0 Å². The van der Waals surface area contributed by atoms with Crippen LogP contribution in [0.3, 0.4) is 0 Å². The van der Waals surface area contributed by atoms with Gasteiger partial charge in [0.25, 0.3) is 0 Å². The Morgan fingerprint density at radius 3 is 2.44 bits per heavy atom. The van der Waals surface area contributed by atoms with Gasteiger partial charge in [-0.15, -0.1) is 0 Å². The molecule has 1 aliphatic carbocycles. The predicted molar refractivity (Wildman–Crippen MR) is 77.7 cm³/mol. The van der Waals surface area contributed by atoms with Gasteiger partial charge in [0, 0.05) is 19.1 Å². The fraction of sp³-hybridized carbons (Fsp3) is 1.00. The van der Waals surface area contributed by atoms with E-state index in [-0.39, 0.29) is 0 Å². The molecule has 3 atom stereocenters. The number of nitrogens with two attached hydrogens (primary N) is 1. The van der Waals surface area contributed by atoms with Crippen molar-refractivity contribution >= 4 is 0 Å². The monoisotopic (exact) mass is 253 g/mol. The van der Waals surface area contributed by atoms with E-state index in [2.05, 4.69) is 23.9 Å². The second-order valence-corrected chi connectivity index (χ2v) is 6.59. The fourth-order valence-electron chi connectivity index (χ4n) is 3.90. The first kappa shape index (κ1) is 14.3. The molecule has 3 unspecified atom stereocenters. The maximum absolute atomic E-state index is 5.96. The standard InChI is InChI=1S/C15H31N3/c1-17(2)12-15-8-5-9-18(15)11-14-7-4-3-6-13(14)10-16/h13-15H,3-12,16H2,1-2H3. The van der Waals surface area contributed by atoms with Gasteiger partial charge in [-0.3, -0.25) is 4.90 Å². The highest BCUT2D eigenvalue weighted by Crippen LogP contribution is 2.31. The van der Waals surface area contributed by atoms with E-state index < -0.39 is 0 Å². The van der Waals surface area contributed by atoms with Crippen LogP contribution < -0.4 is 5.73 Å². The van der Waals surface area contributed by atoms with Crippen molar-refractivity contribution in [2.45, 2.75) is 44.6 Å². The molecule has 1 aliphatic heterocycles. The SMILES string of the molecule is CN(C)CC1CCCN1CC1CCCCC1CN. The van der Waals surface area contributed by atoms with Crippen molar-refractivity contribution in [2.75, 3.05) is 40.3 Å². The maximum atomic E-state index is 5.96. The van der Waals surface area contributed by atoms with Crippen LogP contribution >= 0.6 is 0 Å². The summed E-state index contributed by atoms with van der Waals surface area (Å²) in [7, 11) is 4.39. The molecule has 0 radical (unpaired) electrons. The first-order valence-electron chi connectivity index (χ1n) is 7.79. The number of likely N-dealkylation sites (N-methyl/N-ethyl adjacent to an activating group) is 1. The zero-order valence-electron chi connectivity index (χ0n) is 12.3. The molecule has 18 heavy (non-hydrogen) atoms. The van der Waals surface area contributed by atoms with Crippen molar-refractivity contribution in [3.05, 3.63) is 0 Å². The lowest BCUT2D eigenvalue weighted by Crippen LogP contribution is -2.43. The van der Waals surface area contributed by atoms with Crippen LogP contribution in [0.4, 0.5) is 0 Å². The Morgan fingerprint density at radius 1 is 1.06 bits per heavy atom. The normalized spacial score (nSPS) is 34.3. The molecule has 1 heterocycles. The molecule has 0 amide bonds. The lowest BCUT2D eigenvalue weighted by Gasteiger charge is -2.36. The molecular formula is C15H31N3. The van der Waals surface area contributed by atoms with Crippen LogP contribution in [-0.2, 0) is 0 Å². The number of likely N-dealkylation sites (tertiary alicyclic amines) is 1. The van der Waals surface area contributed by atoms with Crippen molar-refractivity contribution < 1.29 is 0 Å². The largest absolute Gasteiger partial charge is 0.330 e. The molecule has 1 saturated carbocycles. The molecule has 2 aliphatic rings. The lowest BCUT2D eigenvalue weighted by molar-refractivity contribution is 0.131. The maximum Gasteiger partial charge on any atom is 0.0223 e. The summed E-state index contributed by atoms with van der Waals surface area (Å²) in [5, 5.41) is 0. The molecule has 1 saturated heterocycles. The molecule has 2 N–H and O–H groups in total. The van der Waals surface area contributed by atoms with Crippen LogP contribution in [0.25, 0.3) is 0 Å². The van der Waals surface area contributed by atoms with Gasteiger partial charge in [0.05, 0.1) is 0 Å². The van der Waals surface area contributed by atoms with E-state index in [1.165, 1.54) is 58.2 Å². The third kappa shape index (κ3) is 3.69. The third-order valence-corrected chi connectivity index (χ3v) is 4.91. The van der Waals surface area contributed by atoms with Gasteiger partial charge < -0.3 is 10.6 Å². The lowest BCUT2D eigenvalue weighted by atomic mass is 9.79. The van der Waals surface area contributed by atoms with Crippen LogP contribution in [0.1, 0.15) is 38.5 Å². The molecule has 3 heteroatoms. The van der Waals surface area contributed by atoms with Gasteiger partial charge in [-0.25, -0.2) is 0 Å². The minimum absolute atomic E-state index is 0.791. The summed E-state index contributed by atoms with van der Waals surface area (Å²) in [4.78, 5) is 5.09. The first-order valence-corrected chi connectivity index (χ1v) is 7.79. The Labute approximate surface area is 113 Å². The Bertz CT molecular complexity index is 242. The van der Waals surface area contributed by atoms with Gasteiger partial charge in [0.1, 0.15) is 0 Å². The quantitative estimate of drug-likeness (QED) is 0.810. The highest BCUT2D eigenvalue weighted by atomic mass is 15.2. The summed E-state index contributed by atoms with van der Waals surface area (Å²) in [5.41, 5.74) is 5.96. The fourth-order valence-corrected chi connectivity index (χ4v) is 3.90. The predicted octanol–water partition coefficient (Wildman–Crippen LogP) is 1.78. The molecule has 0 aromatic carbocycles. The Balaban J connectivity index is 1.86. The molecule has 0 spiro atoms. The molecule has 2 fully saturated rings. The summed E-state index contributed by atoms with van der Waals surface area (Å²) < 4.78 is 0. The number of rotatable bonds is 5.